The summed E-state index contributed by atoms with van der Waals surface area (Å²) in [7, 11) is 0. The molecule has 1 aromatic heterocycles. The van der Waals surface area contributed by atoms with Gasteiger partial charge in [0.15, 0.2) is 12.0 Å². The lowest BCUT2D eigenvalue weighted by Gasteiger charge is -2.22. The van der Waals surface area contributed by atoms with Crippen LogP contribution in [-0.2, 0) is 16.0 Å². The maximum absolute atomic E-state index is 12.6. The molecule has 4 rings (SSSR count). The first-order chi connectivity index (χ1) is 13.0. The van der Waals surface area contributed by atoms with E-state index in [0.29, 0.717) is 10.9 Å². The number of aromatic nitrogens is 1. The zero-order chi connectivity index (χ0) is 19.0. The monoisotopic (exact) mass is 362 g/mol. The third-order valence-electron chi connectivity index (χ3n) is 4.76. The number of rotatable bonds is 3. The molecular formula is C21H18N2O4. The summed E-state index contributed by atoms with van der Waals surface area (Å²) in [5.74, 6) is -1.02. The molecule has 0 aliphatic carbocycles. The Hall–Kier alpha value is -3.41. The van der Waals surface area contributed by atoms with Crippen molar-refractivity contribution in [3.05, 3.63) is 76.1 Å². The van der Waals surface area contributed by atoms with E-state index < -0.39 is 5.97 Å². The predicted octanol–water partition coefficient (Wildman–Crippen LogP) is 2.66. The van der Waals surface area contributed by atoms with Gasteiger partial charge in [-0.15, -0.1) is 0 Å². The smallest absolute Gasteiger partial charge is 0.355 e. The first kappa shape index (κ1) is 17.0. The van der Waals surface area contributed by atoms with Crippen molar-refractivity contribution in [2.24, 2.45) is 0 Å². The third kappa shape index (κ3) is 3.10. The van der Waals surface area contributed by atoms with Gasteiger partial charge >= 0.3 is 5.97 Å². The summed E-state index contributed by atoms with van der Waals surface area (Å²) >= 11 is 0. The maximum Gasteiger partial charge on any atom is 0.355 e. The van der Waals surface area contributed by atoms with E-state index in [1.54, 1.807) is 29.2 Å². The van der Waals surface area contributed by atoms with Gasteiger partial charge in [-0.05, 0) is 37.1 Å². The summed E-state index contributed by atoms with van der Waals surface area (Å²) < 4.78 is 5.17. The molecule has 1 aliphatic heterocycles. The molecule has 1 amide bonds. The van der Waals surface area contributed by atoms with Crippen molar-refractivity contribution < 1.29 is 14.3 Å². The van der Waals surface area contributed by atoms with Crippen LogP contribution in [0, 0.1) is 0 Å². The van der Waals surface area contributed by atoms with Crippen molar-refractivity contribution in [3.63, 3.8) is 0 Å². The van der Waals surface area contributed by atoms with Crippen LogP contribution in [0.1, 0.15) is 23.0 Å². The van der Waals surface area contributed by atoms with E-state index in [4.69, 9.17) is 4.74 Å². The second kappa shape index (κ2) is 6.72. The molecule has 0 spiro atoms. The van der Waals surface area contributed by atoms with Crippen LogP contribution in [0.5, 0.6) is 0 Å². The molecule has 0 saturated heterocycles. The highest BCUT2D eigenvalue weighted by Gasteiger charge is 2.31. The summed E-state index contributed by atoms with van der Waals surface area (Å²) in [6.45, 7) is 1.58. The number of hydrogen-bond acceptors (Lipinski definition) is 4. The fourth-order valence-electron chi connectivity index (χ4n) is 3.53. The highest BCUT2D eigenvalue weighted by molar-refractivity contribution is 5.99. The van der Waals surface area contributed by atoms with Crippen molar-refractivity contribution in [1.29, 1.82) is 0 Å². The summed E-state index contributed by atoms with van der Waals surface area (Å²) in [5, 5.41) is 0.493. The minimum absolute atomic E-state index is 0.00841. The van der Waals surface area contributed by atoms with Gasteiger partial charge < -0.3 is 14.6 Å². The maximum atomic E-state index is 12.6. The lowest BCUT2D eigenvalue weighted by Crippen LogP contribution is -2.38. The molecule has 1 N–H and O–H groups in total. The fraction of sp³-hybridized carbons (Fsp3) is 0.190. The summed E-state index contributed by atoms with van der Waals surface area (Å²) in [6.07, 6.45) is 0.772. The van der Waals surface area contributed by atoms with Gasteiger partial charge in [-0.25, -0.2) is 4.79 Å². The van der Waals surface area contributed by atoms with Gasteiger partial charge in [0.05, 0.1) is 0 Å². The van der Waals surface area contributed by atoms with E-state index in [-0.39, 0.29) is 29.7 Å². The molecule has 0 radical (unpaired) electrons. The Bertz CT molecular complexity index is 1100. The average molecular weight is 362 g/mol. The van der Waals surface area contributed by atoms with Crippen LogP contribution in [0.2, 0.25) is 0 Å². The SMILES string of the molecule is C[C@H]1Cc2ccccc2N1C(=O)COC(=O)c1cc(=O)c2ccccc2[nH]1. The van der Waals surface area contributed by atoms with E-state index in [9.17, 15) is 14.4 Å². The highest BCUT2D eigenvalue weighted by atomic mass is 16.5. The zero-order valence-electron chi connectivity index (χ0n) is 14.8. The first-order valence-corrected chi connectivity index (χ1v) is 8.74. The Morgan fingerprint density at radius 3 is 2.74 bits per heavy atom. The Morgan fingerprint density at radius 1 is 1.15 bits per heavy atom. The van der Waals surface area contributed by atoms with Crippen molar-refractivity contribution in [1.82, 2.24) is 4.98 Å². The van der Waals surface area contributed by atoms with Crippen LogP contribution in [0.3, 0.4) is 0 Å². The molecule has 6 heteroatoms. The van der Waals surface area contributed by atoms with Crippen LogP contribution in [0.4, 0.5) is 5.69 Å². The Balaban J connectivity index is 1.50. The van der Waals surface area contributed by atoms with Crippen molar-refractivity contribution >= 4 is 28.5 Å². The van der Waals surface area contributed by atoms with Gasteiger partial charge in [-0.3, -0.25) is 9.59 Å². The van der Waals surface area contributed by atoms with E-state index in [1.165, 1.54) is 6.07 Å². The molecule has 1 atom stereocenters. The number of hydrogen-bond donors (Lipinski definition) is 1. The summed E-state index contributed by atoms with van der Waals surface area (Å²) in [6, 6.07) is 15.8. The van der Waals surface area contributed by atoms with Gasteiger partial charge in [-0.2, -0.15) is 0 Å². The van der Waals surface area contributed by atoms with E-state index in [1.807, 2.05) is 31.2 Å². The molecule has 3 aromatic rings. The number of esters is 1. The first-order valence-electron chi connectivity index (χ1n) is 8.74. The topological polar surface area (TPSA) is 79.5 Å². The molecule has 0 fully saturated rings. The number of nitrogens with one attached hydrogen (secondary N) is 1. The van der Waals surface area contributed by atoms with Crippen LogP contribution < -0.4 is 10.3 Å². The van der Waals surface area contributed by atoms with E-state index in [2.05, 4.69) is 4.98 Å². The van der Waals surface area contributed by atoms with Crippen molar-refractivity contribution in [2.75, 3.05) is 11.5 Å². The van der Waals surface area contributed by atoms with Crippen molar-refractivity contribution in [2.45, 2.75) is 19.4 Å². The number of para-hydroxylation sites is 2. The molecule has 2 heterocycles. The predicted molar refractivity (Wildman–Crippen MR) is 102 cm³/mol. The number of ether oxygens (including phenoxy) is 1. The number of fused-ring (bicyclic) bond motifs is 2. The normalized spacial score (nSPS) is 15.6. The molecule has 0 saturated carbocycles. The second-order valence-corrected chi connectivity index (χ2v) is 6.61. The number of H-pyrrole nitrogens is 1. The minimum atomic E-state index is -0.730. The molecule has 0 bridgehead atoms. The van der Waals surface area contributed by atoms with E-state index in [0.717, 1.165) is 17.7 Å². The minimum Gasteiger partial charge on any atom is -0.451 e. The molecule has 136 valence electrons. The quantitative estimate of drug-likeness (QED) is 0.727. The summed E-state index contributed by atoms with van der Waals surface area (Å²) in [4.78, 5) is 41.6. The molecule has 6 nitrogen and oxygen atoms in total. The largest absolute Gasteiger partial charge is 0.451 e. The average Bonchev–Trinajstić information content (AvgIpc) is 3.01. The van der Waals surface area contributed by atoms with Gasteiger partial charge in [0.25, 0.3) is 5.91 Å². The van der Waals surface area contributed by atoms with E-state index >= 15 is 0 Å². The van der Waals surface area contributed by atoms with Crippen LogP contribution in [-0.4, -0.2) is 29.5 Å². The second-order valence-electron chi connectivity index (χ2n) is 6.61. The number of amides is 1. The third-order valence-corrected chi connectivity index (χ3v) is 4.76. The van der Waals surface area contributed by atoms with Crippen LogP contribution in [0.25, 0.3) is 10.9 Å². The summed E-state index contributed by atoms with van der Waals surface area (Å²) in [5.41, 5.74) is 2.25. The number of aromatic amines is 1. The van der Waals surface area contributed by atoms with Gasteiger partial charge in [-0.1, -0.05) is 30.3 Å². The van der Waals surface area contributed by atoms with Crippen LogP contribution in [0.15, 0.2) is 59.4 Å². The Morgan fingerprint density at radius 2 is 1.89 bits per heavy atom. The Kier molecular flexibility index (Phi) is 4.24. The lowest BCUT2D eigenvalue weighted by molar-refractivity contribution is -0.122. The highest BCUT2D eigenvalue weighted by Crippen LogP contribution is 2.31. The van der Waals surface area contributed by atoms with Crippen molar-refractivity contribution in [3.8, 4) is 0 Å². The molecule has 0 unspecified atom stereocenters. The van der Waals surface area contributed by atoms with Gasteiger partial charge in [0.2, 0.25) is 0 Å². The number of anilines is 1. The Labute approximate surface area is 155 Å². The fourth-order valence-corrected chi connectivity index (χ4v) is 3.53. The molecule has 1 aliphatic rings. The number of nitrogens with zero attached hydrogens (tertiary/aromatic N) is 1. The van der Waals surface area contributed by atoms with Crippen LogP contribution >= 0.6 is 0 Å². The number of carbonyl (C=O) groups excluding carboxylic acids is 2. The molecule has 2 aromatic carbocycles. The molecular weight excluding hydrogens is 344 g/mol. The lowest BCUT2D eigenvalue weighted by atomic mass is 10.1. The number of carbonyl (C=O) groups is 2. The number of pyridine rings is 1. The van der Waals surface area contributed by atoms with Gasteiger partial charge in [0.1, 0.15) is 5.69 Å². The van der Waals surface area contributed by atoms with Gasteiger partial charge in [0, 0.05) is 28.7 Å². The number of benzene rings is 2. The standard InChI is InChI=1S/C21H18N2O4/c1-13-10-14-6-2-5-9-18(14)23(13)20(25)12-27-21(26)17-11-19(24)15-7-3-4-8-16(15)22-17/h2-9,11,13H,10,12H2,1H3,(H,22,24)/t13-/m0/s1. The molecule has 27 heavy (non-hydrogen) atoms. The zero-order valence-corrected chi connectivity index (χ0v) is 14.8.